The molecular weight excluding hydrogens is 289 g/mol. The van der Waals surface area contributed by atoms with Crippen molar-refractivity contribution >= 4 is 27.5 Å². The van der Waals surface area contributed by atoms with E-state index in [0.717, 1.165) is 6.42 Å². The molecule has 1 aromatic carbocycles. The summed E-state index contributed by atoms with van der Waals surface area (Å²) < 4.78 is 18.7. The van der Waals surface area contributed by atoms with E-state index in [2.05, 4.69) is 21.2 Å². The van der Waals surface area contributed by atoms with Crippen molar-refractivity contribution in [3.63, 3.8) is 0 Å². The van der Waals surface area contributed by atoms with Crippen LogP contribution in [0.25, 0.3) is 0 Å². The van der Waals surface area contributed by atoms with Crippen molar-refractivity contribution in [1.29, 1.82) is 0 Å². The number of ether oxygens (including phenoxy) is 1. The van der Waals surface area contributed by atoms with Crippen molar-refractivity contribution in [2.75, 3.05) is 18.5 Å². The second-order valence-corrected chi connectivity index (χ2v) is 4.39. The van der Waals surface area contributed by atoms with Crippen LogP contribution in [0.5, 0.6) is 0 Å². The summed E-state index contributed by atoms with van der Waals surface area (Å²) in [5, 5.41) is 2.61. The van der Waals surface area contributed by atoms with Crippen LogP contribution < -0.4 is 5.32 Å². The summed E-state index contributed by atoms with van der Waals surface area (Å²) >= 11 is 3.05. The average Bonchev–Trinajstić information content (AvgIpc) is 2.30. The van der Waals surface area contributed by atoms with Gasteiger partial charge >= 0.3 is 0 Å². The summed E-state index contributed by atoms with van der Waals surface area (Å²) in [6.45, 7) is 3.05. The molecule has 0 heterocycles. The minimum Gasteiger partial charge on any atom is -0.381 e. The molecule has 0 unspecified atom stereocenters. The minimum atomic E-state index is -0.398. The molecule has 17 heavy (non-hydrogen) atoms. The van der Waals surface area contributed by atoms with Crippen molar-refractivity contribution in [2.24, 2.45) is 0 Å². The minimum absolute atomic E-state index is 0.178. The van der Waals surface area contributed by atoms with Gasteiger partial charge in [0.25, 0.3) is 0 Å². The molecule has 1 amide bonds. The molecule has 0 saturated carbocycles. The van der Waals surface area contributed by atoms with Crippen molar-refractivity contribution in [1.82, 2.24) is 0 Å². The predicted octanol–water partition coefficient (Wildman–Crippen LogP) is 3.34. The van der Waals surface area contributed by atoms with Crippen LogP contribution in [0.4, 0.5) is 10.1 Å². The molecule has 1 rings (SSSR count). The molecule has 0 bridgehead atoms. The van der Waals surface area contributed by atoms with Crippen LogP contribution >= 0.6 is 15.9 Å². The first-order valence-electron chi connectivity index (χ1n) is 5.46. The first kappa shape index (κ1) is 14.1. The molecule has 0 aliphatic carbocycles. The highest BCUT2D eigenvalue weighted by atomic mass is 79.9. The number of carbonyl (C=O) groups excluding carboxylic acids is 1. The van der Waals surface area contributed by atoms with E-state index in [1.54, 1.807) is 12.1 Å². The van der Waals surface area contributed by atoms with Gasteiger partial charge in [0.2, 0.25) is 5.91 Å². The summed E-state index contributed by atoms with van der Waals surface area (Å²) in [7, 11) is 0. The number of carbonyl (C=O) groups is 1. The fraction of sp³-hybridized carbons (Fsp3) is 0.417. The zero-order chi connectivity index (χ0) is 12.7. The summed E-state index contributed by atoms with van der Waals surface area (Å²) in [5.74, 6) is -0.576. The number of nitrogens with one attached hydrogen (secondary N) is 1. The fourth-order valence-corrected chi connectivity index (χ4v) is 1.46. The van der Waals surface area contributed by atoms with Gasteiger partial charge in [-0.2, -0.15) is 0 Å². The number of hydrogen-bond acceptors (Lipinski definition) is 2. The third kappa shape index (κ3) is 5.28. The van der Waals surface area contributed by atoms with E-state index in [0.29, 0.717) is 23.4 Å². The van der Waals surface area contributed by atoms with E-state index < -0.39 is 5.82 Å². The van der Waals surface area contributed by atoms with Gasteiger partial charge in [0.1, 0.15) is 5.82 Å². The van der Waals surface area contributed by atoms with E-state index in [-0.39, 0.29) is 12.3 Å². The topological polar surface area (TPSA) is 38.3 Å². The number of amides is 1. The van der Waals surface area contributed by atoms with Crippen LogP contribution in [0.15, 0.2) is 22.7 Å². The molecule has 5 heteroatoms. The van der Waals surface area contributed by atoms with Gasteiger partial charge in [0, 0.05) is 12.3 Å². The lowest BCUT2D eigenvalue weighted by atomic mass is 10.3. The Morgan fingerprint density at radius 1 is 1.47 bits per heavy atom. The Morgan fingerprint density at radius 2 is 2.24 bits per heavy atom. The lowest BCUT2D eigenvalue weighted by Gasteiger charge is -2.06. The Hall–Kier alpha value is -0.940. The van der Waals surface area contributed by atoms with Gasteiger partial charge in [0.15, 0.2) is 0 Å². The SMILES string of the molecule is CCCOCCC(=O)Nc1ccc(Br)c(F)c1. The van der Waals surface area contributed by atoms with Crippen molar-refractivity contribution < 1.29 is 13.9 Å². The second-order valence-electron chi connectivity index (χ2n) is 3.54. The number of benzene rings is 1. The van der Waals surface area contributed by atoms with E-state index >= 15 is 0 Å². The highest BCUT2D eigenvalue weighted by Crippen LogP contribution is 2.19. The Balaban J connectivity index is 2.37. The van der Waals surface area contributed by atoms with E-state index in [1.165, 1.54) is 6.07 Å². The maximum Gasteiger partial charge on any atom is 0.226 e. The zero-order valence-electron chi connectivity index (χ0n) is 9.63. The lowest BCUT2D eigenvalue weighted by molar-refractivity contribution is -0.117. The molecule has 94 valence electrons. The maximum atomic E-state index is 13.2. The van der Waals surface area contributed by atoms with Crippen LogP contribution in [0.1, 0.15) is 19.8 Å². The average molecular weight is 304 g/mol. The fourth-order valence-electron chi connectivity index (χ4n) is 1.21. The Labute approximate surface area is 108 Å². The molecule has 0 fully saturated rings. The zero-order valence-corrected chi connectivity index (χ0v) is 11.2. The van der Waals surface area contributed by atoms with Crippen LogP contribution in [0.3, 0.4) is 0 Å². The number of anilines is 1. The smallest absolute Gasteiger partial charge is 0.226 e. The first-order valence-corrected chi connectivity index (χ1v) is 6.25. The predicted molar refractivity (Wildman–Crippen MR) is 68.5 cm³/mol. The van der Waals surface area contributed by atoms with Gasteiger partial charge < -0.3 is 10.1 Å². The van der Waals surface area contributed by atoms with Gasteiger partial charge in [-0.15, -0.1) is 0 Å². The summed E-state index contributed by atoms with van der Waals surface area (Å²) in [6, 6.07) is 4.46. The third-order valence-electron chi connectivity index (χ3n) is 2.03. The van der Waals surface area contributed by atoms with Crippen molar-refractivity contribution in [3.05, 3.63) is 28.5 Å². The maximum absolute atomic E-state index is 13.2. The Kier molecular flexibility index (Phi) is 6.15. The molecule has 0 radical (unpaired) electrons. The monoisotopic (exact) mass is 303 g/mol. The molecule has 1 aromatic rings. The standard InChI is InChI=1S/C12H15BrFNO2/c1-2-6-17-7-5-12(16)15-9-3-4-10(13)11(14)8-9/h3-4,8H,2,5-7H2,1H3,(H,15,16). The van der Waals surface area contributed by atoms with Crippen LogP contribution in [0, 0.1) is 5.82 Å². The van der Waals surface area contributed by atoms with E-state index in [9.17, 15) is 9.18 Å². The third-order valence-corrected chi connectivity index (χ3v) is 2.67. The normalized spacial score (nSPS) is 10.3. The molecule has 3 nitrogen and oxygen atoms in total. The first-order chi connectivity index (χ1) is 8.13. The molecule has 0 aromatic heterocycles. The second kappa shape index (κ2) is 7.40. The lowest BCUT2D eigenvalue weighted by Crippen LogP contribution is -2.14. The number of rotatable bonds is 6. The largest absolute Gasteiger partial charge is 0.381 e. The van der Waals surface area contributed by atoms with Crippen molar-refractivity contribution in [3.8, 4) is 0 Å². The van der Waals surface area contributed by atoms with Gasteiger partial charge in [-0.05, 0) is 40.5 Å². The van der Waals surface area contributed by atoms with Gasteiger partial charge in [0.05, 0.1) is 17.5 Å². The number of hydrogen-bond donors (Lipinski definition) is 1. The number of halogens is 2. The Bertz CT molecular complexity index is 385. The molecule has 0 atom stereocenters. The Morgan fingerprint density at radius 3 is 2.88 bits per heavy atom. The molecule has 0 saturated heterocycles. The molecule has 0 aliphatic heterocycles. The van der Waals surface area contributed by atoms with Gasteiger partial charge in [-0.25, -0.2) is 4.39 Å². The van der Waals surface area contributed by atoms with Crippen LogP contribution in [-0.2, 0) is 9.53 Å². The van der Waals surface area contributed by atoms with E-state index in [4.69, 9.17) is 4.74 Å². The summed E-state index contributed by atoms with van der Waals surface area (Å²) in [4.78, 5) is 11.4. The van der Waals surface area contributed by atoms with Crippen LogP contribution in [-0.4, -0.2) is 19.1 Å². The van der Waals surface area contributed by atoms with E-state index in [1.807, 2.05) is 6.92 Å². The van der Waals surface area contributed by atoms with Crippen LogP contribution in [0.2, 0.25) is 0 Å². The summed E-state index contributed by atoms with van der Waals surface area (Å²) in [5.41, 5.74) is 0.450. The van der Waals surface area contributed by atoms with Gasteiger partial charge in [-0.1, -0.05) is 6.92 Å². The highest BCUT2D eigenvalue weighted by Gasteiger charge is 2.05. The van der Waals surface area contributed by atoms with Crippen molar-refractivity contribution in [2.45, 2.75) is 19.8 Å². The van der Waals surface area contributed by atoms with Gasteiger partial charge in [-0.3, -0.25) is 4.79 Å². The molecule has 0 aliphatic rings. The molecule has 0 spiro atoms. The molecule has 1 N–H and O–H groups in total. The molecular formula is C12H15BrFNO2. The quantitative estimate of drug-likeness (QED) is 0.819. The summed E-state index contributed by atoms with van der Waals surface area (Å²) in [6.07, 6.45) is 1.21. The highest BCUT2D eigenvalue weighted by molar-refractivity contribution is 9.10.